The number of halogens is 4. The first-order valence-electron chi connectivity index (χ1n) is 10.2. The second-order valence-corrected chi connectivity index (χ2v) is 8.73. The normalized spacial score (nSPS) is 22.7. The van der Waals surface area contributed by atoms with Crippen molar-refractivity contribution >= 4 is 0 Å². The quantitative estimate of drug-likeness (QED) is 0.578. The SMILES string of the molecule is C[C@]1(CNCC2CC2)COc2c1cc(C(O)(CN)C(F)(F)F)nc2-c1ccc(F)cc1. The highest BCUT2D eigenvalue weighted by molar-refractivity contribution is 5.71. The van der Waals surface area contributed by atoms with Crippen molar-refractivity contribution in [3.8, 4) is 17.0 Å². The van der Waals surface area contributed by atoms with Gasteiger partial charge in [-0.05, 0) is 55.6 Å². The van der Waals surface area contributed by atoms with E-state index >= 15 is 0 Å². The Bertz CT molecular complexity index is 962. The molecule has 1 aromatic heterocycles. The molecule has 2 aromatic rings. The Labute approximate surface area is 177 Å². The standard InChI is InChI=1S/C22H25F4N3O2/c1-20(11-28-9-13-2-3-13)12-31-19-16(20)8-17(21(30,10-27)22(24,25)26)29-18(19)14-4-6-15(23)7-5-14/h4-8,13,28,30H,2-3,9-12,27H2,1H3/t20-,21?/m0/s1. The molecule has 31 heavy (non-hydrogen) atoms. The number of aromatic nitrogens is 1. The van der Waals surface area contributed by atoms with E-state index < -0.39 is 35.2 Å². The molecule has 168 valence electrons. The summed E-state index contributed by atoms with van der Waals surface area (Å²) in [5.74, 6) is 0.494. The Morgan fingerprint density at radius 2 is 1.94 bits per heavy atom. The molecule has 2 atom stereocenters. The maximum absolute atomic E-state index is 13.8. The molecule has 0 spiro atoms. The van der Waals surface area contributed by atoms with Crippen LogP contribution in [0.25, 0.3) is 11.3 Å². The third-order valence-corrected chi connectivity index (χ3v) is 6.11. The molecular formula is C22H25F4N3O2. The van der Waals surface area contributed by atoms with Crippen molar-refractivity contribution in [1.82, 2.24) is 10.3 Å². The maximum Gasteiger partial charge on any atom is 0.424 e. The monoisotopic (exact) mass is 439 g/mol. The minimum atomic E-state index is -5.02. The van der Waals surface area contributed by atoms with Gasteiger partial charge < -0.3 is 20.9 Å². The Morgan fingerprint density at radius 1 is 1.26 bits per heavy atom. The predicted octanol–water partition coefficient (Wildman–Crippen LogP) is 3.25. The zero-order valence-electron chi connectivity index (χ0n) is 17.1. The van der Waals surface area contributed by atoms with E-state index in [1.54, 1.807) is 0 Å². The molecule has 1 aliphatic heterocycles. The summed E-state index contributed by atoms with van der Waals surface area (Å²) in [5, 5.41) is 13.9. The van der Waals surface area contributed by atoms with Crippen LogP contribution >= 0.6 is 0 Å². The van der Waals surface area contributed by atoms with Crippen LogP contribution in [0.15, 0.2) is 30.3 Å². The summed E-state index contributed by atoms with van der Waals surface area (Å²) >= 11 is 0. The van der Waals surface area contributed by atoms with Gasteiger partial charge in [-0.15, -0.1) is 0 Å². The molecule has 2 aliphatic rings. The molecule has 2 heterocycles. The third-order valence-electron chi connectivity index (χ3n) is 6.11. The van der Waals surface area contributed by atoms with E-state index in [9.17, 15) is 22.7 Å². The average molecular weight is 439 g/mol. The van der Waals surface area contributed by atoms with E-state index in [-0.39, 0.29) is 12.3 Å². The summed E-state index contributed by atoms with van der Waals surface area (Å²) < 4.78 is 60.6. The first-order chi connectivity index (χ1) is 14.6. The van der Waals surface area contributed by atoms with Crippen LogP contribution in [0.4, 0.5) is 17.6 Å². The number of alkyl halides is 3. The molecule has 1 fully saturated rings. The largest absolute Gasteiger partial charge is 0.490 e. The van der Waals surface area contributed by atoms with Gasteiger partial charge in [0.25, 0.3) is 0 Å². The topological polar surface area (TPSA) is 80.4 Å². The van der Waals surface area contributed by atoms with Gasteiger partial charge in [0.2, 0.25) is 5.60 Å². The lowest BCUT2D eigenvalue weighted by Gasteiger charge is -2.30. The van der Waals surface area contributed by atoms with Gasteiger partial charge in [-0.3, -0.25) is 0 Å². The van der Waals surface area contributed by atoms with Gasteiger partial charge in [0, 0.05) is 29.6 Å². The van der Waals surface area contributed by atoms with E-state index in [1.807, 2.05) is 6.92 Å². The van der Waals surface area contributed by atoms with Gasteiger partial charge >= 0.3 is 6.18 Å². The highest BCUT2D eigenvalue weighted by Gasteiger charge is 2.56. The lowest BCUT2D eigenvalue weighted by atomic mass is 9.82. The number of aliphatic hydroxyl groups is 1. The number of fused-ring (bicyclic) bond motifs is 1. The summed E-state index contributed by atoms with van der Waals surface area (Å²) in [5.41, 5.74) is 1.84. The first-order valence-corrected chi connectivity index (χ1v) is 10.2. The number of ether oxygens (including phenoxy) is 1. The van der Waals surface area contributed by atoms with Crippen LogP contribution in [0.5, 0.6) is 5.75 Å². The average Bonchev–Trinajstić information content (AvgIpc) is 3.49. The zero-order chi connectivity index (χ0) is 22.4. The summed E-state index contributed by atoms with van der Waals surface area (Å²) in [6.07, 6.45) is -2.67. The van der Waals surface area contributed by atoms with E-state index in [2.05, 4.69) is 10.3 Å². The summed E-state index contributed by atoms with van der Waals surface area (Å²) in [7, 11) is 0. The summed E-state index contributed by atoms with van der Waals surface area (Å²) in [6, 6.07) is 6.47. The fraction of sp³-hybridized carbons (Fsp3) is 0.500. The van der Waals surface area contributed by atoms with E-state index in [0.717, 1.165) is 6.54 Å². The molecule has 0 bridgehead atoms. The molecule has 4 rings (SSSR count). The molecular weight excluding hydrogens is 414 g/mol. The van der Waals surface area contributed by atoms with Crippen LogP contribution in [0.3, 0.4) is 0 Å². The Kier molecular flexibility index (Phi) is 5.47. The number of rotatable bonds is 7. The molecule has 1 aromatic carbocycles. The van der Waals surface area contributed by atoms with Crippen molar-refractivity contribution in [2.24, 2.45) is 11.7 Å². The van der Waals surface area contributed by atoms with Gasteiger partial charge in [0.05, 0.1) is 12.3 Å². The number of nitrogens with two attached hydrogens (primary N) is 1. The van der Waals surface area contributed by atoms with Crippen LogP contribution in [-0.2, 0) is 11.0 Å². The molecule has 0 amide bonds. The number of hydrogen-bond acceptors (Lipinski definition) is 5. The number of benzene rings is 1. The smallest absolute Gasteiger partial charge is 0.424 e. The number of hydrogen-bond donors (Lipinski definition) is 3. The van der Waals surface area contributed by atoms with Gasteiger partial charge in [-0.2, -0.15) is 13.2 Å². The van der Waals surface area contributed by atoms with Gasteiger partial charge in [-0.1, -0.05) is 6.92 Å². The van der Waals surface area contributed by atoms with Crippen molar-refractivity contribution < 1.29 is 27.4 Å². The number of nitrogens with zero attached hydrogens (tertiary/aromatic N) is 1. The minimum Gasteiger partial charge on any atom is -0.490 e. The van der Waals surface area contributed by atoms with Crippen LogP contribution in [0.2, 0.25) is 0 Å². The maximum atomic E-state index is 13.8. The zero-order valence-corrected chi connectivity index (χ0v) is 17.1. The molecule has 1 unspecified atom stereocenters. The van der Waals surface area contributed by atoms with Crippen LogP contribution in [0.1, 0.15) is 31.0 Å². The number of nitrogens with one attached hydrogen (secondary N) is 1. The van der Waals surface area contributed by atoms with Crippen molar-refractivity contribution in [3.63, 3.8) is 0 Å². The van der Waals surface area contributed by atoms with Gasteiger partial charge in [-0.25, -0.2) is 9.37 Å². The predicted molar refractivity (Wildman–Crippen MR) is 107 cm³/mol. The van der Waals surface area contributed by atoms with Gasteiger partial charge in [0.1, 0.15) is 17.3 Å². The summed E-state index contributed by atoms with van der Waals surface area (Å²) in [6.45, 7) is 2.39. The van der Waals surface area contributed by atoms with Crippen LogP contribution in [0, 0.1) is 11.7 Å². The number of pyridine rings is 1. The van der Waals surface area contributed by atoms with Crippen molar-refractivity contribution in [1.29, 1.82) is 0 Å². The van der Waals surface area contributed by atoms with E-state index in [4.69, 9.17) is 10.5 Å². The van der Waals surface area contributed by atoms with E-state index in [1.165, 1.54) is 43.2 Å². The molecule has 0 radical (unpaired) electrons. The lowest BCUT2D eigenvalue weighted by Crippen LogP contribution is -2.49. The molecule has 0 saturated heterocycles. The van der Waals surface area contributed by atoms with Gasteiger partial charge in [0.15, 0.2) is 0 Å². The fourth-order valence-electron chi connectivity index (χ4n) is 3.84. The molecule has 1 aliphatic carbocycles. The molecule has 4 N–H and O–H groups in total. The highest BCUT2D eigenvalue weighted by atomic mass is 19.4. The second-order valence-electron chi connectivity index (χ2n) is 8.73. The first kappa shape index (κ1) is 22.0. The van der Waals surface area contributed by atoms with Crippen molar-refractivity contribution in [2.75, 3.05) is 26.2 Å². The Hall–Kier alpha value is -2.23. The summed E-state index contributed by atoms with van der Waals surface area (Å²) in [4.78, 5) is 4.12. The molecule has 1 saturated carbocycles. The van der Waals surface area contributed by atoms with Crippen LogP contribution < -0.4 is 15.8 Å². The highest BCUT2D eigenvalue weighted by Crippen LogP contribution is 2.47. The molecule has 5 nitrogen and oxygen atoms in total. The minimum absolute atomic E-state index is 0.120. The Balaban J connectivity index is 1.83. The van der Waals surface area contributed by atoms with Crippen LogP contribution in [-0.4, -0.2) is 42.5 Å². The third kappa shape index (κ3) is 4.02. The van der Waals surface area contributed by atoms with E-state index in [0.29, 0.717) is 29.3 Å². The van der Waals surface area contributed by atoms with Crippen molar-refractivity contribution in [3.05, 3.63) is 47.4 Å². The van der Waals surface area contributed by atoms with Crippen molar-refractivity contribution in [2.45, 2.75) is 37.0 Å². The fourth-order valence-corrected chi connectivity index (χ4v) is 3.84. The lowest BCUT2D eigenvalue weighted by molar-refractivity contribution is -0.263. The molecule has 9 heteroatoms. The second kappa shape index (κ2) is 7.72. The Morgan fingerprint density at radius 3 is 2.52 bits per heavy atom.